The number of benzene rings is 2. The topological polar surface area (TPSA) is 104 Å². The average molecular weight is 485 g/mol. The predicted octanol–water partition coefficient (Wildman–Crippen LogP) is 4.67. The number of hydrogen-bond donors (Lipinski definition) is 2. The minimum atomic E-state index is -5.16. The van der Waals surface area contributed by atoms with Crippen molar-refractivity contribution < 1.29 is 45.4 Å². The molecule has 0 unspecified atom stereocenters. The molecule has 3 N–H and O–H groups in total. The van der Waals surface area contributed by atoms with Crippen molar-refractivity contribution in [2.45, 2.75) is 6.18 Å². The van der Waals surface area contributed by atoms with E-state index in [0.717, 1.165) is 31.5 Å². The Hall–Kier alpha value is -4.29. The molecule has 0 fully saturated rings. The van der Waals surface area contributed by atoms with Crippen molar-refractivity contribution in [1.82, 2.24) is 4.98 Å². The predicted molar refractivity (Wildman–Crippen MR) is 105 cm³/mol. The van der Waals surface area contributed by atoms with Crippen LogP contribution >= 0.6 is 0 Å². The van der Waals surface area contributed by atoms with Gasteiger partial charge in [-0.2, -0.15) is 17.6 Å². The summed E-state index contributed by atoms with van der Waals surface area (Å²) in [5, 5.41) is 2.11. The van der Waals surface area contributed by atoms with Gasteiger partial charge in [0, 0.05) is 0 Å². The standard InChI is InChI=1S/C21H13F6N3O4/c1-33-18-14(7-4-11(22)17(18)24)34-13-6-3-10(21(25,26)27)16(23)15(13)20(32)30-9-2-5-12(19(28)31)29-8-9/h2-8H,1H3,(H2,28,31)(H,30,32). The lowest BCUT2D eigenvalue weighted by molar-refractivity contribution is -0.140. The highest BCUT2D eigenvalue weighted by atomic mass is 19.4. The molecule has 178 valence electrons. The third-order valence-electron chi connectivity index (χ3n) is 4.35. The fourth-order valence-corrected chi connectivity index (χ4v) is 2.78. The van der Waals surface area contributed by atoms with Crippen LogP contribution in [-0.2, 0) is 6.18 Å². The largest absolute Gasteiger partial charge is 0.490 e. The Kier molecular flexibility index (Phi) is 6.66. The number of primary amides is 1. The van der Waals surface area contributed by atoms with Crippen molar-refractivity contribution >= 4 is 17.5 Å². The van der Waals surface area contributed by atoms with Crippen LogP contribution in [0.15, 0.2) is 42.6 Å². The van der Waals surface area contributed by atoms with Crippen molar-refractivity contribution in [1.29, 1.82) is 0 Å². The number of pyridine rings is 1. The minimum absolute atomic E-state index is 0.122. The molecule has 3 rings (SSSR count). The van der Waals surface area contributed by atoms with E-state index in [9.17, 15) is 35.9 Å². The van der Waals surface area contributed by atoms with Crippen molar-refractivity contribution in [2.24, 2.45) is 5.73 Å². The van der Waals surface area contributed by atoms with Crippen LogP contribution in [0.2, 0.25) is 0 Å². The number of amides is 2. The lowest BCUT2D eigenvalue weighted by atomic mass is 10.1. The molecule has 7 nitrogen and oxygen atoms in total. The number of nitrogens with one attached hydrogen (secondary N) is 1. The first-order valence-corrected chi connectivity index (χ1v) is 9.10. The number of carbonyl (C=O) groups is 2. The Morgan fingerprint density at radius 2 is 1.65 bits per heavy atom. The van der Waals surface area contributed by atoms with Gasteiger partial charge in [-0.1, -0.05) is 0 Å². The summed E-state index contributed by atoms with van der Waals surface area (Å²) in [5.41, 5.74) is 1.79. The first kappa shape index (κ1) is 24.4. The molecule has 1 heterocycles. The average Bonchev–Trinajstić information content (AvgIpc) is 2.76. The molecule has 0 aliphatic heterocycles. The molecular formula is C21H13F6N3O4. The van der Waals surface area contributed by atoms with Crippen LogP contribution in [0.1, 0.15) is 26.4 Å². The zero-order valence-corrected chi connectivity index (χ0v) is 17.0. The molecule has 0 atom stereocenters. The number of anilines is 1. The van der Waals surface area contributed by atoms with Gasteiger partial charge in [0.05, 0.1) is 24.6 Å². The number of aromatic nitrogens is 1. The number of methoxy groups -OCH3 is 1. The molecule has 13 heteroatoms. The summed E-state index contributed by atoms with van der Waals surface area (Å²) in [6.45, 7) is 0. The lowest BCUT2D eigenvalue weighted by Crippen LogP contribution is -2.19. The molecule has 0 saturated heterocycles. The van der Waals surface area contributed by atoms with E-state index in [-0.39, 0.29) is 11.4 Å². The maximum atomic E-state index is 14.9. The van der Waals surface area contributed by atoms with Crippen molar-refractivity contribution in [2.75, 3.05) is 12.4 Å². The van der Waals surface area contributed by atoms with Crippen LogP contribution in [0.25, 0.3) is 0 Å². The van der Waals surface area contributed by atoms with E-state index in [0.29, 0.717) is 18.2 Å². The molecule has 2 amide bonds. The molecule has 2 aromatic carbocycles. The Labute approximate surface area is 187 Å². The second kappa shape index (κ2) is 9.29. The smallest absolute Gasteiger partial charge is 0.419 e. The molecule has 1 aromatic heterocycles. The van der Waals surface area contributed by atoms with Gasteiger partial charge >= 0.3 is 6.18 Å². The normalized spacial score (nSPS) is 11.1. The Balaban J connectivity index is 2.08. The van der Waals surface area contributed by atoms with Crippen LogP contribution in [0, 0.1) is 17.5 Å². The summed E-state index contributed by atoms with van der Waals surface area (Å²) >= 11 is 0. The molecule has 0 aliphatic carbocycles. The van der Waals surface area contributed by atoms with E-state index in [2.05, 4.69) is 10.3 Å². The molecule has 3 aromatic rings. The van der Waals surface area contributed by atoms with Crippen LogP contribution < -0.4 is 20.5 Å². The zero-order chi connectivity index (χ0) is 25.2. The maximum absolute atomic E-state index is 14.9. The number of halogens is 6. The number of alkyl halides is 3. The fourth-order valence-electron chi connectivity index (χ4n) is 2.78. The third kappa shape index (κ3) is 4.87. The van der Waals surface area contributed by atoms with Gasteiger partial charge in [-0.25, -0.2) is 13.8 Å². The van der Waals surface area contributed by atoms with Crippen LogP contribution in [0.4, 0.5) is 32.0 Å². The Bertz CT molecular complexity index is 1260. The third-order valence-corrected chi connectivity index (χ3v) is 4.35. The Morgan fingerprint density at radius 1 is 0.971 bits per heavy atom. The minimum Gasteiger partial charge on any atom is -0.490 e. The molecule has 0 aliphatic rings. The summed E-state index contributed by atoms with van der Waals surface area (Å²) < 4.78 is 92.0. The molecule has 0 bridgehead atoms. The number of hydrogen-bond acceptors (Lipinski definition) is 5. The summed E-state index contributed by atoms with van der Waals surface area (Å²) in [7, 11) is 0.967. The van der Waals surface area contributed by atoms with Crippen molar-refractivity contribution in [3.8, 4) is 17.2 Å². The van der Waals surface area contributed by atoms with Crippen LogP contribution in [-0.4, -0.2) is 23.9 Å². The van der Waals surface area contributed by atoms with Gasteiger partial charge in [0.2, 0.25) is 11.6 Å². The van der Waals surface area contributed by atoms with E-state index >= 15 is 0 Å². The highest BCUT2D eigenvalue weighted by molar-refractivity contribution is 6.06. The van der Waals surface area contributed by atoms with Gasteiger partial charge in [0.25, 0.3) is 11.8 Å². The Morgan fingerprint density at radius 3 is 2.21 bits per heavy atom. The lowest BCUT2D eigenvalue weighted by Gasteiger charge is -2.17. The van der Waals surface area contributed by atoms with E-state index in [1.165, 1.54) is 0 Å². The van der Waals surface area contributed by atoms with Crippen LogP contribution in [0.3, 0.4) is 0 Å². The van der Waals surface area contributed by atoms with Crippen LogP contribution in [0.5, 0.6) is 17.2 Å². The second-order valence-corrected chi connectivity index (χ2v) is 6.54. The first-order valence-electron chi connectivity index (χ1n) is 9.10. The summed E-state index contributed by atoms with van der Waals surface area (Å²) in [4.78, 5) is 27.5. The molecular weight excluding hydrogens is 472 g/mol. The van der Waals surface area contributed by atoms with Gasteiger partial charge in [0.15, 0.2) is 17.4 Å². The molecule has 0 radical (unpaired) electrons. The van der Waals surface area contributed by atoms with Crippen molar-refractivity contribution in [3.05, 3.63) is 76.9 Å². The monoisotopic (exact) mass is 485 g/mol. The maximum Gasteiger partial charge on any atom is 0.419 e. The first-order chi connectivity index (χ1) is 15.9. The molecule has 0 saturated carbocycles. The van der Waals surface area contributed by atoms with Gasteiger partial charge in [-0.3, -0.25) is 9.59 Å². The van der Waals surface area contributed by atoms with E-state index in [1.54, 1.807) is 0 Å². The van der Waals surface area contributed by atoms with E-state index < -0.39 is 63.8 Å². The quantitative estimate of drug-likeness (QED) is 0.494. The number of carbonyl (C=O) groups excluding carboxylic acids is 2. The number of nitrogens with two attached hydrogens (primary N) is 1. The number of rotatable bonds is 6. The van der Waals surface area contributed by atoms with Gasteiger partial charge < -0.3 is 20.5 Å². The number of ether oxygens (including phenoxy) is 2. The number of nitrogens with zero attached hydrogens (tertiary/aromatic N) is 1. The fraction of sp³-hybridized carbons (Fsp3) is 0.0952. The molecule has 0 spiro atoms. The zero-order valence-electron chi connectivity index (χ0n) is 17.0. The van der Waals surface area contributed by atoms with Gasteiger partial charge in [0.1, 0.15) is 17.0 Å². The van der Waals surface area contributed by atoms with E-state index in [1.807, 2.05) is 0 Å². The summed E-state index contributed by atoms with van der Waals surface area (Å²) in [6.07, 6.45) is -4.20. The summed E-state index contributed by atoms with van der Waals surface area (Å²) in [5.74, 6) is -9.10. The highest BCUT2D eigenvalue weighted by Crippen LogP contribution is 2.40. The van der Waals surface area contributed by atoms with Gasteiger partial charge in [-0.05, 0) is 36.4 Å². The SMILES string of the molecule is COc1c(Oc2ccc(C(F)(F)F)c(F)c2C(=O)Nc2ccc(C(N)=O)nc2)ccc(F)c1F. The molecule has 34 heavy (non-hydrogen) atoms. The second-order valence-electron chi connectivity index (χ2n) is 6.54. The van der Waals surface area contributed by atoms with E-state index in [4.69, 9.17) is 15.2 Å². The highest BCUT2D eigenvalue weighted by Gasteiger charge is 2.37. The van der Waals surface area contributed by atoms with Gasteiger partial charge in [-0.15, -0.1) is 0 Å². The van der Waals surface area contributed by atoms with Crippen molar-refractivity contribution in [3.63, 3.8) is 0 Å². The summed E-state index contributed by atoms with van der Waals surface area (Å²) in [6, 6.07) is 4.73.